The van der Waals surface area contributed by atoms with Crippen LogP contribution in [0.15, 0.2) is 66.7 Å². The fraction of sp³-hybridized carbons (Fsp3) is 0.0455. The Morgan fingerprint density at radius 2 is 1.57 bits per heavy atom. The zero-order valence-corrected chi connectivity index (χ0v) is 15.7. The Morgan fingerprint density at radius 3 is 2.32 bits per heavy atom. The monoisotopic (exact) mass is 390 g/mol. The van der Waals surface area contributed by atoms with E-state index in [1.165, 1.54) is 18.2 Å². The first-order chi connectivity index (χ1) is 13.5. The summed E-state index contributed by atoms with van der Waals surface area (Å²) in [6.07, 6.45) is 0. The molecule has 1 heterocycles. The Kier molecular flexibility index (Phi) is 4.45. The number of hydrogen-bond acceptors (Lipinski definition) is 3. The number of carbonyl (C=O) groups is 3. The molecular formula is C22H15ClN2O3. The minimum atomic E-state index is -0.501. The van der Waals surface area contributed by atoms with Crippen molar-refractivity contribution in [1.29, 1.82) is 0 Å². The highest BCUT2D eigenvalue weighted by atomic mass is 35.5. The van der Waals surface area contributed by atoms with Crippen molar-refractivity contribution in [3.63, 3.8) is 0 Å². The molecular weight excluding hydrogens is 376 g/mol. The van der Waals surface area contributed by atoms with Crippen molar-refractivity contribution in [2.45, 2.75) is 6.92 Å². The topological polar surface area (TPSA) is 66.5 Å². The summed E-state index contributed by atoms with van der Waals surface area (Å²) in [6, 6.07) is 18.5. The molecule has 4 rings (SSSR count). The molecule has 5 nitrogen and oxygen atoms in total. The number of para-hydroxylation sites is 2. The van der Waals surface area contributed by atoms with Crippen LogP contribution in [-0.4, -0.2) is 17.7 Å². The number of aryl methyl sites for hydroxylation is 1. The summed E-state index contributed by atoms with van der Waals surface area (Å²) in [4.78, 5) is 39.2. The van der Waals surface area contributed by atoms with Crippen molar-refractivity contribution in [3.05, 3.63) is 94.0 Å². The van der Waals surface area contributed by atoms with E-state index in [0.717, 1.165) is 10.5 Å². The van der Waals surface area contributed by atoms with Crippen molar-refractivity contribution >= 4 is 40.7 Å². The maximum Gasteiger partial charge on any atom is 0.266 e. The van der Waals surface area contributed by atoms with Crippen LogP contribution in [0.25, 0.3) is 0 Å². The lowest BCUT2D eigenvalue weighted by Gasteiger charge is -2.15. The van der Waals surface area contributed by atoms with Gasteiger partial charge in [0.15, 0.2) is 0 Å². The smallest absolute Gasteiger partial charge is 0.266 e. The summed E-state index contributed by atoms with van der Waals surface area (Å²) in [5.74, 6) is -1.31. The van der Waals surface area contributed by atoms with Crippen LogP contribution in [-0.2, 0) is 0 Å². The van der Waals surface area contributed by atoms with Gasteiger partial charge in [0.25, 0.3) is 17.7 Å². The molecule has 0 spiro atoms. The second kappa shape index (κ2) is 6.94. The van der Waals surface area contributed by atoms with Crippen LogP contribution in [0.2, 0.25) is 5.02 Å². The van der Waals surface area contributed by atoms with Crippen molar-refractivity contribution < 1.29 is 14.4 Å². The number of nitrogens with zero attached hydrogens (tertiary/aromatic N) is 1. The van der Waals surface area contributed by atoms with Gasteiger partial charge in [0.1, 0.15) is 0 Å². The van der Waals surface area contributed by atoms with Crippen LogP contribution in [0.1, 0.15) is 36.6 Å². The number of fused-ring (bicyclic) bond motifs is 1. The molecule has 0 atom stereocenters. The average Bonchev–Trinajstić information content (AvgIpc) is 2.94. The minimum absolute atomic E-state index is 0.183. The van der Waals surface area contributed by atoms with Crippen LogP contribution in [0.3, 0.4) is 0 Å². The van der Waals surface area contributed by atoms with Gasteiger partial charge >= 0.3 is 0 Å². The van der Waals surface area contributed by atoms with Gasteiger partial charge in [0.2, 0.25) is 0 Å². The predicted molar refractivity (Wildman–Crippen MR) is 108 cm³/mol. The highest BCUT2D eigenvalue weighted by Gasteiger charge is 2.38. The third-order valence-corrected chi connectivity index (χ3v) is 4.95. The van der Waals surface area contributed by atoms with Gasteiger partial charge in [-0.05, 0) is 48.9 Å². The highest BCUT2D eigenvalue weighted by molar-refractivity contribution is 6.40. The number of carbonyl (C=O) groups excluding carboxylic acids is 3. The summed E-state index contributed by atoms with van der Waals surface area (Å²) >= 11 is 6.15. The Morgan fingerprint density at radius 1 is 0.893 bits per heavy atom. The maximum atomic E-state index is 12.9. The number of halogens is 1. The van der Waals surface area contributed by atoms with E-state index in [1.807, 2.05) is 25.1 Å². The molecule has 28 heavy (non-hydrogen) atoms. The number of hydrogen-bond donors (Lipinski definition) is 1. The second-order valence-electron chi connectivity index (χ2n) is 6.43. The van der Waals surface area contributed by atoms with Crippen LogP contribution < -0.4 is 10.2 Å². The van der Waals surface area contributed by atoms with E-state index in [0.29, 0.717) is 22.0 Å². The zero-order valence-electron chi connectivity index (χ0n) is 14.9. The third-order valence-electron chi connectivity index (χ3n) is 4.64. The average molecular weight is 391 g/mol. The van der Waals surface area contributed by atoms with Gasteiger partial charge in [-0.3, -0.25) is 14.4 Å². The third kappa shape index (κ3) is 2.96. The quantitative estimate of drug-likeness (QED) is 0.659. The number of rotatable bonds is 3. The van der Waals surface area contributed by atoms with Gasteiger partial charge < -0.3 is 5.32 Å². The Bertz CT molecular complexity index is 1140. The lowest BCUT2D eigenvalue weighted by atomic mass is 10.0. The lowest BCUT2D eigenvalue weighted by Crippen LogP contribution is -2.29. The molecule has 0 fully saturated rings. The summed E-state index contributed by atoms with van der Waals surface area (Å²) in [7, 11) is 0. The first kappa shape index (κ1) is 17.9. The molecule has 3 amide bonds. The van der Waals surface area contributed by atoms with Crippen LogP contribution >= 0.6 is 11.6 Å². The number of amides is 3. The summed E-state index contributed by atoms with van der Waals surface area (Å²) in [5.41, 5.74) is 2.66. The fourth-order valence-electron chi connectivity index (χ4n) is 3.14. The largest absolute Gasteiger partial charge is 0.322 e. The van der Waals surface area contributed by atoms with Crippen molar-refractivity contribution in [2.75, 3.05) is 10.2 Å². The van der Waals surface area contributed by atoms with Crippen LogP contribution in [0.4, 0.5) is 11.4 Å². The predicted octanol–water partition coefficient (Wildman–Crippen LogP) is 4.70. The summed E-state index contributed by atoms with van der Waals surface area (Å²) in [6.45, 7) is 1.89. The molecule has 138 valence electrons. The number of benzene rings is 3. The van der Waals surface area contributed by atoms with Crippen LogP contribution in [0.5, 0.6) is 0 Å². The van der Waals surface area contributed by atoms with Crippen molar-refractivity contribution in [1.82, 2.24) is 0 Å². The van der Waals surface area contributed by atoms with Gasteiger partial charge in [-0.1, -0.05) is 41.9 Å². The first-order valence-electron chi connectivity index (χ1n) is 8.61. The van der Waals surface area contributed by atoms with Gasteiger partial charge in [-0.15, -0.1) is 0 Å². The zero-order chi connectivity index (χ0) is 19.8. The van der Waals surface area contributed by atoms with E-state index in [9.17, 15) is 14.4 Å². The van der Waals surface area contributed by atoms with E-state index < -0.39 is 11.8 Å². The van der Waals surface area contributed by atoms with Gasteiger partial charge in [0, 0.05) is 11.3 Å². The number of imide groups is 1. The fourth-order valence-corrected chi connectivity index (χ4v) is 3.36. The molecule has 3 aromatic carbocycles. The van der Waals surface area contributed by atoms with Gasteiger partial charge in [-0.2, -0.15) is 0 Å². The van der Waals surface area contributed by atoms with E-state index in [1.54, 1.807) is 30.3 Å². The van der Waals surface area contributed by atoms with E-state index in [2.05, 4.69) is 5.32 Å². The normalized spacial score (nSPS) is 12.9. The number of anilines is 2. The second-order valence-corrected chi connectivity index (χ2v) is 6.83. The van der Waals surface area contributed by atoms with Crippen molar-refractivity contribution in [3.8, 4) is 0 Å². The molecule has 0 unspecified atom stereocenters. The molecule has 6 heteroatoms. The van der Waals surface area contributed by atoms with E-state index >= 15 is 0 Å². The molecule has 0 aromatic heterocycles. The number of nitrogens with one attached hydrogen (secondary N) is 1. The molecule has 0 aliphatic carbocycles. The lowest BCUT2D eigenvalue weighted by molar-refractivity contribution is 0.0925. The molecule has 1 aliphatic rings. The molecule has 1 N–H and O–H groups in total. The Labute approximate surface area is 166 Å². The maximum absolute atomic E-state index is 12.9. The molecule has 1 aliphatic heterocycles. The molecule has 0 saturated carbocycles. The van der Waals surface area contributed by atoms with Crippen LogP contribution in [0, 0.1) is 6.92 Å². The SMILES string of the molecule is Cc1ccccc1NC(=O)c1ccc2c(c1)C(=O)N(c1ccccc1Cl)C2=O. The van der Waals surface area contributed by atoms with Gasteiger partial charge in [0.05, 0.1) is 21.8 Å². The van der Waals surface area contributed by atoms with E-state index in [4.69, 9.17) is 11.6 Å². The van der Waals surface area contributed by atoms with Gasteiger partial charge in [-0.25, -0.2) is 4.90 Å². The first-order valence-corrected chi connectivity index (χ1v) is 8.99. The van der Waals surface area contributed by atoms with E-state index in [-0.39, 0.29) is 17.0 Å². The molecule has 0 bridgehead atoms. The molecule has 3 aromatic rings. The Balaban J connectivity index is 1.67. The molecule has 0 saturated heterocycles. The molecule has 0 radical (unpaired) electrons. The summed E-state index contributed by atoms with van der Waals surface area (Å²) in [5, 5.41) is 3.13. The highest BCUT2D eigenvalue weighted by Crippen LogP contribution is 2.33. The summed E-state index contributed by atoms with van der Waals surface area (Å²) < 4.78 is 0. The Hall–Kier alpha value is -3.44. The minimum Gasteiger partial charge on any atom is -0.322 e. The standard InChI is InChI=1S/C22H15ClN2O3/c1-13-6-2-4-8-18(13)24-20(26)14-10-11-15-16(12-14)22(28)25(21(15)27)19-9-5-3-7-17(19)23/h2-12H,1H3,(H,24,26). The van der Waals surface area contributed by atoms with Crippen molar-refractivity contribution in [2.24, 2.45) is 0 Å².